The van der Waals surface area contributed by atoms with Gasteiger partial charge in [-0.15, -0.1) is 0 Å². The molecule has 0 saturated heterocycles. The van der Waals surface area contributed by atoms with Crippen LogP contribution in [0.1, 0.15) is 6.42 Å². The van der Waals surface area contributed by atoms with Crippen LogP contribution in [0.25, 0.3) is 0 Å². The monoisotopic (exact) mass is 161 g/mol. The zero-order chi connectivity index (χ0) is 8.48. The summed E-state index contributed by atoms with van der Waals surface area (Å²) in [5.74, 6) is -2.92. The Bertz CT molecular complexity index is 245. The van der Waals surface area contributed by atoms with Gasteiger partial charge in [0, 0.05) is 12.5 Å². The van der Waals surface area contributed by atoms with Crippen LogP contribution in [0.4, 0.5) is 8.78 Å². The topological polar surface area (TPSA) is 43.1 Å². The van der Waals surface area contributed by atoms with Crippen LogP contribution in [-0.4, -0.2) is 10.8 Å². The van der Waals surface area contributed by atoms with Crippen molar-refractivity contribution < 1.29 is 13.7 Å². The molecule has 3 nitrogen and oxygen atoms in total. The van der Waals surface area contributed by atoms with Gasteiger partial charge in [0.25, 0.3) is 11.6 Å². The largest absolute Gasteiger partial charge is 0.270 e. The highest BCUT2D eigenvalue weighted by molar-refractivity contribution is 5.20. The first kappa shape index (κ1) is 7.84. The van der Waals surface area contributed by atoms with Crippen molar-refractivity contribution in [2.24, 2.45) is 0 Å². The van der Waals surface area contributed by atoms with E-state index in [1.54, 1.807) is 0 Å². The fourth-order valence-corrected chi connectivity index (χ4v) is 0.719. The molecule has 0 bridgehead atoms. The van der Waals surface area contributed by atoms with Crippen LogP contribution in [0, 0.1) is 10.1 Å². The fourth-order valence-electron chi connectivity index (χ4n) is 0.719. The molecule has 0 unspecified atom stereocenters. The maximum Gasteiger partial charge on any atom is 0.270 e. The molecule has 0 heterocycles. The summed E-state index contributed by atoms with van der Waals surface area (Å²) < 4.78 is 24.6. The Morgan fingerprint density at radius 2 is 2.27 bits per heavy atom. The number of nitrogens with zero attached hydrogens (tertiary/aromatic N) is 1. The maximum atomic E-state index is 12.3. The van der Waals surface area contributed by atoms with Crippen LogP contribution in [0.2, 0.25) is 0 Å². The van der Waals surface area contributed by atoms with Gasteiger partial charge < -0.3 is 0 Å². The summed E-state index contributed by atoms with van der Waals surface area (Å²) >= 11 is 0. The first-order valence-corrected chi connectivity index (χ1v) is 2.93. The molecule has 1 aliphatic rings. The van der Waals surface area contributed by atoms with E-state index in [-0.39, 0.29) is 5.70 Å². The summed E-state index contributed by atoms with van der Waals surface area (Å²) in [7, 11) is 0. The third kappa shape index (κ3) is 1.83. The zero-order valence-electron chi connectivity index (χ0n) is 5.46. The zero-order valence-corrected chi connectivity index (χ0v) is 5.46. The molecule has 1 aliphatic carbocycles. The van der Waals surface area contributed by atoms with Gasteiger partial charge >= 0.3 is 0 Å². The Labute approximate surface area is 61.2 Å². The minimum Gasteiger partial charge on any atom is -0.258 e. The van der Waals surface area contributed by atoms with Crippen LogP contribution >= 0.6 is 0 Å². The minimum absolute atomic E-state index is 0.268. The number of halogens is 2. The Hall–Kier alpha value is -1.26. The molecule has 11 heavy (non-hydrogen) atoms. The lowest BCUT2D eigenvalue weighted by molar-refractivity contribution is -0.419. The molecule has 1 rings (SSSR count). The van der Waals surface area contributed by atoms with Crippen molar-refractivity contribution in [1.29, 1.82) is 0 Å². The molecule has 0 fully saturated rings. The average molecular weight is 161 g/mol. The molecule has 0 N–H and O–H groups in total. The summed E-state index contributed by atoms with van der Waals surface area (Å²) in [5, 5.41) is 10.0. The predicted molar refractivity (Wildman–Crippen MR) is 33.8 cm³/mol. The summed E-state index contributed by atoms with van der Waals surface area (Å²) in [5.41, 5.74) is -0.268. The van der Waals surface area contributed by atoms with Gasteiger partial charge in [0.15, 0.2) is 0 Å². The Morgan fingerprint density at radius 1 is 1.64 bits per heavy atom. The summed E-state index contributed by atoms with van der Waals surface area (Å²) in [6, 6.07) is 0. The summed E-state index contributed by atoms with van der Waals surface area (Å²) in [6.45, 7) is 0. The molecule has 0 saturated carbocycles. The van der Waals surface area contributed by atoms with E-state index < -0.39 is 17.3 Å². The highest BCUT2D eigenvalue weighted by Crippen LogP contribution is 2.26. The number of nitro groups is 1. The fraction of sp³-hybridized carbons (Fsp3) is 0.333. The van der Waals surface area contributed by atoms with Crippen molar-refractivity contribution in [3.05, 3.63) is 34.0 Å². The van der Waals surface area contributed by atoms with Gasteiger partial charge in [-0.05, 0) is 12.2 Å². The lowest BCUT2D eigenvalue weighted by atomic mass is 10.1. The van der Waals surface area contributed by atoms with Crippen LogP contribution in [0.15, 0.2) is 23.9 Å². The van der Waals surface area contributed by atoms with Gasteiger partial charge in [-0.3, -0.25) is 10.1 Å². The van der Waals surface area contributed by atoms with Gasteiger partial charge in [-0.1, -0.05) is 0 Å². The number of rotatable bonds is 1. The van der Waals surface area contributed by atoms with E-state index in [0.29, 0.717) is 6.08 Å². The van der Waals surface area contributed by atoms with Gasteiger partial charge in [-0.25, -0.2) is 8.78 Å². The first-order valence-electron chi connectivity index (χ1n) is 2.93. The third-order valence-corrected chi connectivity index (χ3v) is 1.29. The molecule has 0 spiro atoms. The second-order valence-corrected chi connectivity index (χ2v) is 2.18. The maximum absolute atomic E-state index is 12.3. The van der Waals surface area contributed by atoms with Crippen molar-refractivity contribution in [3.8, 4) is 0 Å². The molecule has 0 radical (unpaired) electrons. The molecule has 0 amide bonds. The Balaban J connectivity index is 2.75. The van der Waals surface area contributed by atoms with Gasteiger partial charge in [0.05, 0.1) is 4.92 Å². The Kier molecular flexibility index (Phi) is 1.72. The number of hydrogen-bond acceptors (Lipinski definition) is 2. The SMILES string of the molecule is O=[N+]([O-])C1=CCC(F)(F)C=C1. The van der Waals surface area contributed by atoms with E-state index in [2.05, 4.69) is 0 Å². The summed E-state index contributed by atoms with van der Waals surface area (Å²) in [4.78, 5) is 9.32. The molecular formula is C6H5F2NO2. The smallest absolute Gasteiger partial charge is 0.258 e. The quantitative estimate of drug-likeness (QED) is 0.434. The normalized spacial score (nSPS) is 21.1. The predicted octanol–water partition coefficient (Wildman–Crippen LogP) is 1.74. The second kappa shape index (κ2) is 2.41. The van der Waals surface area contributed by atoms with E-state index in [9.17, 15) is 18.9 Å². The lowest BCUT2D eigenvalue weighted by Crippen LogP contribution is -2.15. The van der Waals surface area contributed by atoms with E-state index in [4.69, 9.17) is 0 Å². The molecule has 0 aromatic carbocycles. The molecule has 0 aliphatic heterocycles. The van der Waals surface area contributed by atoms with Crippen molar-refractivity contribution >= 4 is 0 Å². The highest BCUT2D eigenvalue weighted by Gasteiger charge is 2.28. The van der Waals surface area contributed by atoms with Crippen LogP contribution in [-0.2, 0) is 0 Å². The standard InChI is InChI=1S/C6H5F2NO2/c7-6(8)3-1-5(2-4-6)9(10)11/h1-3H,4H2. The van der Waals surface area contributed by atoms with Gasteiger partial charge in [-0.2, -0.15) is 0 Å². The number of hydrogen-bond donors (Lipinski definition) is 0. The molecule has 60 valence electrons. The minimum atomic E-state index is -2.92. The van der Waals surface area contributed by atoms with Crippen molar-refractivity contribution in [2.75, 3.05) is 0 Å². The molecule has 0 atom stereocenters. The van der Waals surface area contributed by atoms with Crippen LogP contribution in [0.3, 0.4) is 0 Å². The third-order valence-electron chi connectivity index (χ3n) is 1.29. The van der Waals surface area contributed by atoms with Crippen molar-refractivity contribution in [1.82, 2.24) is 0 Å². The van der Waals surface area contributed by atoms with Crippen LogP contribution in [0.5, 0.6) is 0 Å². The summed E-state index contributed by atoms with van der Waals surface area (Å²) in [6.07, 6.45) is 1.70. The van der Waals surface area contributed by atoms with E-state index in [1.807, 2.05) is 0 Å². The Morgan fingerprint density at radius 3 is 2.64 bits per heavy atom. The molecule has 0 aromatic heterocycles. The van der Waals surface area contributed by atoms with E-state index in [0.717, 1.165) is 12.2 Å². The number of alkyl halides is 2. The van der Waals surface area contributed by atoms with Gasteiger partial charge in [0.1, 0.15) is 0 Å². The van der Waals surface area contributed by atoms with Gasteiger partial charge in [0.2, 0.25) is 0 Å². The second-order valence-electron chi connectivity index (χ2n) is 2.18. The lowest BCUT2D eigenvalue weighted by Gasteiger charge is -2.10. The first-order chi connectivity index (χ1) is 5.01. The van der Waals surface area contributed by atoms with Crippen LogP contribution < -0.4 is 0 Å². The van der Waals surface area contributed by atoms with E-state index in [1.165, 1.54) is 0 Å². The average Bonchev–Trinajstić information content (AvgIpc) is 1.86. The highest BCUT2D eigenvalue weighted by atomic mass is 19.3. The molecular weight excluding hydrogens is 156 g/mol. The van der Waals surface area contributed by atoms with E-state index >= 15 is 0 Å². The van der Waals surface area contributed by atoms with Crippen molar-refractivity contribution in [3.63, 3.8) is 0 Å². The molecule has 5 heteroatoms. The van der Waals surface area contributed by atoms with Crippen molar-refractivity contribution in [2.45, 2.75) is 12.3 Å². The molecule has 0 aromatic rings. The number of allylic oxidation sites excluding steroid dienone is 3.